The third-order valence-corrected chi connectivity index (χ3v) is 7.33. The zero-order chi connectivity index (χ0) is 21.8. The first-order chi connectivity index (χ1) is 13.5. The highest BCUT2D eigenvalue weighted by molar-refractivity contribution is 8.13. The molecule has 1 fully saturated rings. The highest BCUT2D eigenvalue weighted by Gasteiger charge is 2.30. The smallest absolute Gasteiger partial charge is 0.230 e. The second kappa shape index (κ2) is 10.5. The van der Waals surface area contributed by atoms with Crippen LogP contribution in [0.3, 0.4) is 0 Å². The van der Waals surface area contributed by atoms with Gasteiger partial charge in [-0.3, -0.25) is 9.59 Å². The van der Waals surface area contributed by atoms with Crippen molar-refractivity contribution in [2.24, 2.45) is 17.3 Å². The molecule has 1 aromatic rings. The highest BCUT2D eigenvalue weighted by Crippen LogP contribution is 2.41. The average Bonchev–Trinajstić information content (AvgIpc) is 2.65. The maximum Gasteiger partial charge on any atom is 0.230 e. The largest absolute Gasteiger partial charge is 0.311 e. The minimum absolute atomic E-state index is 0.0334. The van der Waals surface area contributed by atoms with E-state index in [1.807, 2.05) is 25.7 Å². The lowest BCUT2D eigenvalue weighted by Crippen LogP contribution is -2.38. The molecule has 0 radical (unpaired) electrons. The molecule has 0 N–H and O–H groups in total. The van der Waals surface area contributed by atoms with Crippen LogP contribution in [0.15, 0.2) is 17.0 Å². The van der Waals surface area contributed by atoms with E-state index in [2.05, 4.69) is 13.8 Å². The van der Waals surface area contributed by atoms with Crippen molar-refractivity contribution >= 4 is 51.7 Å². The van der Waals surface area contributed by atoms with E-state index < -0.39 is 5.41 Å². The van der Waals surface area contributed by atoms with Gasteiger partial charge in [0.2, 0.25) is 5.91 Å². The molecule has 1 aliphatic carbocycles. The molecule has 0 bridgehead atoms. The van der Waals surface area contributed by atoms with Gasteiger partial charge in [0.25, 0.3) is 0 Å². The molecule has 1 amide bonds. The van der Waals surface area contributed by atoms with Crippen LogP contribution in [0.4, 0.5) is 5.69 Å². The third-order valence-electron chi connectivity index (χ3n) is 5.26. The molecule has 3 nitrogen and oxygen atoms in total. The number of amides is 1. The summed E-state index contributed by atoms with van der Waals surface area (Å²) in [6.45, 7) is 10.6. The summed E-state index contributed by atoms with van der Waals surface area (Å²) >= 11 is 13.8. The quantitative estimate of drug-likeness (QED) is 0.412. The van der Waals surface area contributed by atoms with Crippen LogP contribution in [0.5, 0.6) is 0 Å². The minimum atomic E-state index is -0.496. The predicted molar refractivity (Wildman–Crippen MR) is 125 cm³/mol. The monoisotopic (exact) mass is 457 g/mol. The molecular formula is C23H33Cl2NO2S. The van der Waals surface area contributed by atoms with Gasteiger partial charge in [0.1, 0.15) is 0 Å². The molecule has 2 rings (SSSR count). The molecule has 1 saturated carbocycles. The Balaban J connectivity index is 2.45. The van der Waals surface area contributed by atoms with Crippen molar-refractivity contribution < 1.29 is 9.59 Å². The number of hydrogen-bond acceptors (Lipinski definition) is 3. The molecule has 0 heterocycles. The summed E-state index contributed by atoms with van der Waals surface area (Å²) in [7, 11) is 0. The van der Waals surface area contributed by atoms with Crippen LogP contribution in [-0.2, 0) is 9.59 Å². The molecule has 6 heteroatoms. The summed E-state index contributed by atoms with van der Waals surface area (Å²) in [4.78, 5) is 28.8. The van der Waals surface area contributed by atoms with Crippen molar-refractivity contribution in [1.29, 1.82) is 0 Å². The first-order valence-corrected chi connectivity index (χ1v) is 12.1. The minimum Gasteiger partial charge on any atom is -0.311 e. The zero-order valence-corrected chi connectivity index (χ0v) is 20.5. The van der Waals surface area contributed by atoms with Gasteiger partial charge in [-0.1, -0.05) is 77.1 Å². The number of thioether (sulfide) groups is 1. The van der Waals surface area contributed by atoms with Crippen molar-refractivity contribution in [3.63, 3.8) is 0 Å². The average molecular weight is 458 g/mol. The van der Waals surface area contributed by atoms with Crippen LogP contribution in [0.2, 0.25) is 10.0 Å². The Hall–Kier alpha value is -0.710. The summed E-state index contributed by atoms with van der Waals surface area (Å²) in [5.41, 5.74) is 0.211. The van der Waals surface area contributed by atoms with Crippen LogP contribution < -0.4 is 4.90 Å². The Morgan fingerprint density at radius 3 is 2.24 bits per heavy atom. The number of carbonyl (C=O) groups is 2. The first kappa shape index (κ1) is 24.6. The molecule has 1 aliphatic rings. The first-order valence-electron chi connectivity index (χ1n) is 10.5. The number of rotatable bonds is 6. The van der Waals surface area contributed by atoms with Gasteiger partial charge in [0.05, 0.1) is 15.7 Å². The van der Waals surface area contributed by atoms with Gasteiger partial charge >= 0.3 is 0 Å². The fraction of sp³-hybridized carbons (Fsp3) is 0.652. The number of benzene rings is 1. The Labute approximate surface area is 189 Å². The van der Waals surface area contributed by atoms with E-state index >= 15 is 0 Å². The van der Waals surface area contributed by atoms with Crippen LogP contribution in [-0.4, -0.2) is 17.6 Å². The highest BCUT2D eigenvalue weighted by atomic mass is 35.5. The maximum atomic E-state index is 13.5. The Kier molecular flexibility index (Phi) is 8.93. The van der Waals surface area contributed by atoms with E-state index in [1.165, 1.54) is 6.42 Å². The van der Waals surface area contributed by atoms with E-state index in [9.17, 15) is 9.59 Å². The molecule has 0 aromatic heterocycles. The van der Waals surface area contributed by atoms with E-state index in [-0.39, 0.29) is 16.9 Å². The molecule has 0 atom stereocenters. The molecule has 1 aromatic carbocycles. The number of anilines is 1. The second-order valence-corrected chi connectivity index (χ2v) is 11.2. The summed E-state index contributed by atoms with van der Waals surface area (Å²) in [5, 5.41) is 0.833. The standard InChI is InChI=1S/C23H33Cl2NO2S/c1-15(2)11-12-26(21(27)16-9-7-6-8-10-16)19-13-17(24)18(25)14-20(19)29-22(28)23(3,4)5/h13-16H,6-12H2,1-5H3. The fourth-order valence-electron chi connectivity index (χ4n) is 3.37. The van der Waals surface area contributed by atoms with E-state index in [0.29, 0.717) is 33.1 Å². The van der Waals surface area contributed by atoms with E-state index in [4.69, 9.17) is 23.2 Å². The zero-order valence-electron chi connectivity index (χ0n) is 18.2. The lowest BCUT2D eigenvalue weighted by molar-refractivity contribution is -0.123. The second-order valence-electron chi connectivity index (χ2n) is 9.38. The molecule has 0 spiro atoms. The summed E-state index contributed by atoms with van der Waals surface area (Å²) < 4.78 is 0. The van der Waals surface area contributed by atoms with Crippen molar-refractivity contribution in [2.75, 3.05) is 11.4 Å². The van der Waals surface area contributed by atoms with Gasteiger partial charge in [-0.25, -0.2) is 0 Å². The topological polar surface area (TPSA) is 37.4 Å². The van der Waals surface area contributed by atoms with Crippen molar-refractivity contribution in [2.45, 2.75) is 78.0 Å². The molecule has 0 saturated heterocycles. The van der Waals surface area contributed by atoms with E-state index in [1.54, 1.807) is 12.1 Å². The summed E-state index contributed by atoms with van der Waals surface area (Å²) in [5.74, 6) is 0.655. The van der Waals surface area contributed by atoms with Crippen LogP contribution >= 0.6 is 35.0 Å². The summed E-state index contributed by atoms with van der Waals surface area (Å²) in [6, 6.07) is 3.48. The van der Waals surface area contributed by atoms with E-state index in [0.717, 1.165) is 43.9 Å². The van der Waals surface area contributed by atoms with Gasteiger partial charge in [-0.15, -0.1) is 0 Å². The number of halogens is 2. The molecule has 162 valence electrons. The van der Waals surface area contributed by atoms with Crippen LogP contribution in [0.1, 0.15) is 73.1 Å². The van der Waals surface area contributed by atoms with Gasteiger partial charge in [-0.2, -0.15) is 0 Å². The van der Waals surface area contributed by atoms with Gasteiger partial charge in [-0.05, 0) is 49.1 Å². The van der Waals surface area contributed by atoms with Crippen molar-refractivity contribution in [3.8, 4) is 0 Å². The van der Waals surface area contributed by atoms with Gasteiger partial charge in [0.15, 0.2) is 5.12 Å². The predicted octanol–water partition coefficient (Wildman–Crippen LogP) is 7.62. The maximum absolute atomic E-state index is 13.5. The lowest BCUT2D eigenvalue weighted by Gasteiger charge is -2.31. The Bertz CT molecular complexity index is 737. The number of hydrogen-bond donors (Lipinski definition) is 0. The fourth-order valence-corrected chi connectivity index (χ4v) is 4.71. The van der Waals surface area contributed by atoms with Crippen molar-refractivity contribution in [1.82, 2.24) is 0 Å². The number of nitrogens with zero attached hydrogens (tertiary/aromatic N) is 1. The third kappa shape index (κ3) is 6.90. The number of carbonyl (C=O) groups excluding carboxylic acids is 2. The van der Waals surface area contributed by atoms with Gasteiger partial charge in [0, 0.05) is 22.8 Å². The molecular weight excluding hydrogens is 425 g/mol. The van der Waals surface area contributed by atoms with Crippen LogP contribution in [0.25, 0.3) is 0 Å². The molecule has 0 aliphatic heterocycles. The summed E-state index contributed by atoms with van der Waals surface area (Å²) in [6.07, 6.45) is 6.14. The SMILES string of the molecule is CC(C)CCN(C(=O)C1CCCCC1)c1cc(Cl)c(Cl)cc1SC(=O)C(C)(C)C. The van der Waals surface area contributed by atoms with Crippen LogP contribution in [0, 0.1) is 17.3 Å². The molecule has 29 heavy (non-hydrogen) atoms. The van der Waals surface area contributed by atoms with Crippen molar-refractivity contribution in [3.05, 3.63) is 22.2 Å². The molecule has 0 unspecified atom stereocenters. The Morgan fingerprint density at radius 2 is 1.69 bits per heavy atom. The van der Waals surface area contributed by atoms with Gasteiger partial charge < -0.3 is 4.90 Å². The lowest BCUT2D eigenvalue weighted by atomic mass is 9.88. The normalized spacial score (nSPS) is 15.6. The Morgan fingerprint density at radius 1 is 1.10 bits per heavy atom.